The molecule has 0 bridgehead atoms. The van der Waals surface area contributed by atoms with Crippen molar-refractivity contribution in [1.82, 2.24) is 4.98 Å². The summed E-state index contributed by atoms with van der Waals surface area (Å²) in [7, 11) is 0. The highest BCUT2D eigenvalue weighted by atomic mass is 16.5. The number of aliphatic carboxylic acids is 1. The number of pyridine rings is 1. The zero-order valence-electron chi connectivity index (χ0n) is 8.51. The van der Waals surface area contributed by atoms with Gasteiger partial charge in [0.1, 0.15) is 18.5 Å². The van der Waals surface area contributed by atoms with E-state index in [0.29, 0.717) is 17.9 Å². The Balaban J connectivity index is 2.22. The summed E-state index contributed by atoms with van der Waals surface area (Å²) < 4.78 is 4.82. The molecule has 0 spiro atoms. The van der Waals surface area contributed by atoms with Crippen LogP contribution in [0.25, 0.3) is 0 Å². The van der Waals surface area contributed by atoms with Crippen LogP contribution in [-0.4, -0.2) is 35.8 Å². The fourth-order valence-electron chi connectivity index (χ4n) is 0.975. The molecule has 0 atom stereocenters. The van der Waals surface area contributed by atoms with Crippen LogP contribution in [0.15, 0.2) is 18.3 Å². The van der Waals surface area contributed by atoms with Crippen molar-refractivity contribution in [3.8, 4) is 6.07 Å². The number of nitrogens with one attached hydrogen (secondary N) is 1. The first-order valence-corrected chi connectivity index (χ1v) is 4.62. The highest BCUT2D eigenvalue weighted by molar-refractivity contribution is 5.67. The number of carbonyl (C=O) groups is 1. The van der Waals surface area contributed by atoms with Gasteiger partial charge in [-0.2, -0.15) is 5.26 Å². The lowest BCUT2D eigenvalue weighted by atomic mass is 10.3. The molecule has 84 valence electrons. The highest BCUT2D eigenvalue weighted by Crippen LogP contribution is 2.02. The summed E-state index contributed by atoms with van der Waals surface area (Å²) in [4.78, 5) is 14.1. The fourth-order valence-corrected chi connectivity index (χ4v) is 0.975. The average molecular weight is 221 g/mol. The van der Waals surface area contributed by atoms with Gasteiger partial charge in [-0.3, -0.25) is 0 Å². The van der Waals surface area contributed by atoms with E-state index < -0.39 is 5.97 Å². The van der Waals surface area contributed by atoms with Crippen LogP contribution in [-0.2, 0) is 9.53 Å². The number of hydrogen-bond acceptors (Lipinski definition) is 5. The van der Waals surface area contributed by atoms with E-state index in [4.69, 9.17) is 15.1 Å². The number of aromatic nitrogens is 1. The summed E-state index contributed by atoms with van der Waals surface area (Å²) in [6, 6.07) is 5.29. The third-order valence-corrected chi connectivity index (χ3v) is 1.67. The predicted molar refractivity (Wildman–Crippen MR) is 55.9 cm³/mol. The molecule has 0 amide bonds. The standard InChI is InChI=1S/C10H11N3O3/c11-5-8-1-2-9(13-6-8)12-3-4-16-7-10(14)15/h1-2,6H,3-4,7H2,(H,12,13)(H,14,15). The van der Waals surface area contributed by atoms with Crippen LogP contribution >= 0.6 is 0 Å². The molecule has 0 saturated carbocycles. The maximum atomic E-state index is 10.1. The van der Waals surface area contributed by atoms with Crippen molar-refractivity contribution in [3.63, 3.8) is 0 Å². The lowest BCUT2D eigenvalue weighted by Gasteiger charge is -2.04. The van der Waals surface area contributed by atoms with Gasteiger partial charge in [-0.25, -0.2) is 9.78 Å². The van der Waals surface area contributed by atoms with Gasteiger partial charge in [0, 0.05) is 12.7 Å². The fraction of sp³-hybridized carbons (Fsp3) is 0.300. The number of nitriles is 1. The van der Waals surface area contributed by atoms with Gasteiger partial charge in [0.15, 0.2) is 0 Å². The second-order valence-corrected chi connectivity index (χ2v) is 2.92. The monoisotopic (exact) mass is 221 g/mol. The maximum absolute atomic E-state index is 10.1. The Morgan fingerprint density at radius 3 is 3.00 bits per heavy atom. The molecule has 0 saturated heterocycles. The first-order valence-electron chi connectivity index (χ1n) is 4.62. The normalized spacial score (nSPS) is 9.44. The largest absolute Gasteiger partial charge is 0.480 e. The summed E-state index contributed by atoms with van der Waals surface area (Å²) in [5.41, 5.74) is 0.493. The van der Waals surface area contributed by atoms with Crippen molar-refractivity contribution in [1.29, 1.82) is 5.26 Å². The molecule has 6 nitrogen and oxygen atoms in total. The number of ether oxygens (including phenoxy) is 1. The van der Waals surface area contributed by atoms with Gasteiger partial charge in [0.25, 0.3) is 0 Å². The van der Waals surface area contributed by atoms with Gasteiger partial charge in [-0.1, -0.05) is 0 Å². The minimum atomic E-state index is -0.989. The average Bonchev–Trinajstić information content (AvgIpc) is 2.29. The molecule has 1 heterocycles. The molecule has 2 N–H and O–H groups in total. The van der Waals surface area contributed by atoms with E-state index in [1.54, 1.807) is 12.1 Å². The zero-order valence-corrected chi connectivity index (χ0v) is 8.51. The van der Waals surface area contributed by atoms with Gasteiger partial charge in [0.05, 0.1) is 12.2 Å². The SMILES string of the molecule is N#Cc1ccc(NCCOCC(=O)O)nc1. The zero-order chi connectivity index (χ0) is 11.8. The second kappa shape index (κ2) is 6.37. The molecule has 1 aromatic heterocycles. The summed E-state index contributed by atoms with van der Waals surface area (Å²) in [5, 5.41) is 19.8. The van der Waals surface area contributed by atoms with Gasteiger partial charge >= 0.3 is 5.97 Å². The van der Waals surface area contributed by atoms with E-state index in [2.05, 4.69) is 10.3 Å². The van der Waals surface area contributed by atoms with Gasteiger partial charge in [-0.05, 0) is 12.1 Å². The smallest absolute Gasteiger partial charge is 0.329 e. The van der Waals surface area contributed by atoms with Crippen molar-refractivity contribution in [3.05, 3.63) is 23.9 Å². The molecule has 0 fully saturated rings. The Bertz CT molecular complexity index is 383. The van der Waals surface area contributed by atoms with Crippen LogP contribution in [0.1, 0.15) is 5.56 Å². The summed E-state index contributed by atoms with van der Waals surface area (Å²) in [6.07, 6.45) is 1.46. The van der Waals surface area contributed by atoms with Crippen molar-refractivity contribution in [2.75, 3.05) is 25.1 Å². The van der Waals surface area contributed by atoms with E-state index in [9.17, 15) is 4.79 Å². The van der Waals surface area contributed by atoms with Crippen LogP contribution < -0.4 is 5.32 Å². The lowest BCUT2D eigenvalue weighted by Crippen LogP contribution is -2.14. The van der Waals surface area contributed by atoms with Crippen LogP contribution in [0.5, 0.6) is 0 Å². The molecular weight excluding hydrogens is 210 g/mol. The van der Waals surface area contributed by atoms with Gasteiger partial charge in [0.2, 0.25) is 0 Å². The molecule has 1 aromatic rings. The Morgan fingerprint density at radius 2 is 2.44 bits per heavy atom. The van der Waals surface area contributed by atoms with Crippen molar-refractivity contribution in [2.45, 2.75) is 0 Å². The number of carboxylic acid groups (broad SMARTS) is 1. The molecule has 0 unspecified atom stereocenters. The van der Waals surface area contributed by atoms with E-state index in [-0.39, 0.29) is 13.2 Å². The predicted octanol–water partition coefficient (Wildman–Crippen LogP) is 0.466. The van der Waals surface area contributed by atoms with Gasteiger partial charge < -0.3 is 15.2 Å². The number of rotatable bonds is 6. The van der Waals surface area contributed by atoms with E-state index in [0.717, 1.165) is 0 Å². The molecule has 16 heavy (non-hydrogen) atoms. The minimum absolute atomic E-state index is 0.286. The minimum Gasteiger partial charge on any atom is -0.480 e. The quantitative estimate of drug-likeness (QED) is 0.678. The lowest BCUT2D eigenvalue weighted by molar-refractivity contribution is -0.142. The molecule has 0 aliphatic rings. The van der Waals surface area contributed by atoms with Crippen molar-refractivity contribution >= 4 is 11.8 Å². The van der Waals surface area contributed by atoms with Crippen molar-refractivity contribution < 1.29 is 14.6 Å². The summed E-state index contributed by atoms with van der Waals surface area (Å²) in [5.74, 6) is -0.366. The summed E-state index contributed by atoms with van der Waals surface area (Å²) >= 11 is 0. The second-order valence-electron chi connectivity index (χ2n) is 2.92. The topological polar surface area (TPSA) is 95.2 Å². The van der Waals surface area contributed by atoms with Crippen LogP contribution in [0.4, 0.5) is 5.82 Å². The molecule has 1 rings (SSSR count). The molecule has 0 aromatic carbocycles. The van der Waals surface area contributed by atoms with Gasteiger partial charge in [-0.15, -0.1) is 0 Å². The summed E-state index contributed by atoms with van der Waals surface area (Å²) in [6.45, 7) is 0.447. The first-order chi connectivity index (χ1) is 7.72. The first kappa shape index (κ1) is 11.9. The molecular formula is C10H11N3O3. The molecule has 0 aliphatic carbocycles. The molecule has 6 heteroatoms. The Morgan fingerprint density at radius 1 is 1.62 bits per heavy atom. The molecule has 0 radical (unpaired) electrons. The van der Waals surface area contributed by atoms with Crippen molar-refractivity contribution in [2.24, 2.45) is 0 Å². The molecule has 0 aliphatic heterocycles. The number of anilines is 1. The maximum Gasteiger partial charge on any atom is 0.329 e. The van der Waals surface area contributed by atoms with E-state index in [1.807, 2.05) is 6.07 Å². The van der Waals surface area contributed by atoms with Crippen LogP contribution in [0, 0.1) is 11.3 Å². The van der Waals surface area contributed by atoms with E-state index in [1.165, 1.54) is 6.20 Å². The van der Waals surface area contributed by atoms with Crippen LogP contribution in [0.3, 0.4) is 0 Å². The number of hydrogen-bond donors (Lipinski definition) is 2. The third kappa shape index (κ3) is 4.39. The van der Waals surface area contributed by atoms with E-state index >= 15 is 0 Å². The Kier molecular flexibility index (Phi) is 4.76. The Hall–Kier alpha value is -2.13. The number of nitrogens with zero attached hydrogens (tertiary/aromatic N) is 2. The third-order valence-electron chi connectivity index (χ3n) is 1.67. The highest BCUT2D eigenvalue weighted by Gasteiger charge is 1.97. The van der Waals surface area contributed by atoms with Crippen LogP contribution in [0.2, 0.25) is 0 Å². The Labute approximate surface area is 92.5 Å². The number of carboxylic acids is 1.